The highest BCUT2D eigenvalue weighted by Gasteiger charge is 2.36. The SMILES string of the molecule is O=C(Nc1ccc[nH+]c1)c1c(Oc2ccc(OC(F)(F)F)cc2)ccc(C(F)(F)F)c1Cl. The Balaban J connectivity index is 1.96. The lowest BCUT2D eigenvalue weighted by atomic mass is 10.1. The summed E-state index contributed by atoms with van der Waals surface area (Å²) < 4.78 is 85.9. The molecule has 5 nitrogen and oxygen atoms in total. The third kappa shape index (κ3) is 5.82. The fourth-order valence-electron chi connectivity index (χ4n) is 2.57. The van der Waals surface area contributed by atoms with Gasteiger partial charge in [-0.2, -0.15) is 13.2 Å². The zero-order valence-electron chi connectivity index (χ0n) is 15.6. The van der Waals surface area contributed by atoms with E-state index in [1.165, 1.54) is 12.3 Å². The van der Waals surface area contributed by atoms with E-state index >= 15 is 0 Å². The van der Waals surface area contributed by atoms with Gasteiger partial charge in [0.15, 0.2) is 12.4 Å². The Morgan fingerprint density at radius 1 is 0.938 bits per heavy atom. The molecule has 0 fully saturated rings. The molecular weight excluding hydrogens is 466 g/mol. The van der Waals surface area contributed by atoms with Crippen molar-refractivity contribution in [3.05, 3.63) is 77.1 Å². The number of halogens is 7. The number of ether oxygens (including phenoxy) is 2. The molecule has 12 heteroatoms. The fraction of sp³-hybridized carbons (Fsp3) is 0.100. The number of carbonyl (C=O) groups excluding carboxylic acids is 1. The Hall–Kier alpha value is -3.47. The van der Waals surface area contributed by atoms with Gasteiger partial charge in [-0.25, -0.2) is 4.98 Å². The van der Waals surface area contributed by atoms with Crippen molar-refractivity contribution >= 4 is 23.2 Å². The Bertz CT molecular complexity index is 1100. The molecule has 3 rings (SSSR count). The first-order chi connectivity index (χ1) is 14.9. The molecule has 0 saturated heterocycles. The van der Waals surface area contributed by atoms with Crippen LogP contribution in [-0.4, -0.2) is 12.3 Å². The lowest BCUT2D eigenvalue weighted by Crippen LogP contribution is -2.17. The lowest BCUT2D eigenvalue weighted by molar-refractivity contribution is -0.377. The summed E-state index contributed by atoms with van der Waals surface area (Å²) in [5, 5.41) is 1.49. The molecule has 168 valence electrons. The summed E-state index contributed by atoms with van der Waals surface area (Å²) in [5.41, 5.74) is -1.63. The number of hydrogen-bond acceptors (Lipinski definition) is 3. The number of alkyl halides is 6. The molecule has 0 aliphatic carbocycles. The van der Waals surface area contributed by atoms with Crippen molar-refractivity contribution in [1.29, 1.82) is 0 Å². The maximum Gasteiger partial charge on any atom is 0.573 e. The van der Waals surface area contributed by atoms with Gasteiger partial charge in [0, 0.05) is 6.07 Å². The number of aromatic nitrogens is 1. The number of rotatable bonds is 5. The molecule has 1 amide bonds. The van der Waals surface area contributed by atoms with Crippen molar-refractivity contribution in [2.24, 2.45) is 0 Å². The Labute approximate surface area is 181 Å². The van der Waals surface area contributed by atoms with Crippen molar-refractivity contribution in [2.45, 2.75) is 12.5 Å². The summed E-state index contributed by atoms with van der Waals surface area (Å²) in [7, 11) is 0. The van der Waals surface area contributed by atoms with Crippen LogP contribution in [0, 0.1) is 0 Å². The van der Waals surface area contributed by atoms with Crippen LogP contribution < -0.4 is 19.8 Å². The molecule has 0 atom stereocenters. The second-order valence-corrected chi connectivity index (χ2v) is 6.54. The van der Waals surface area contributed by atoms with Gasteiger partial charge in [-0.15, -0.1) is 13.2 Å². The van der Waals surface area contributed by atoms with Gasteiger partial charge in [-0.1, -0.05) is 11.6 Å². The van der Waals surface area contributed by atoms with E-state index in [1.54, 1.807) is 12.3 Å². The molecule has 1 heterocycles. The number of hydrogen-bond donors (Lipinski definition) is 1. The van der Waals surface area contributed by atoms with Crippen LogP contribution in [0.25, 0.3) is 0 Å². The predicted molar refractivity (Wildman–Crippen MR) is 101 cm³/mol. The summed E-state index contributed by atoms with van der Waals surface area (Å²) in [6.07, 6.45) is -6.81. The molecule has 0 radical (unpaired) electrons. The van der Waals surface area contributed by atoms with E-state index in [0.29, 0.717) is 6.07 Å². The van der Waals surface area contributed by atoms with Gasteiger partial charge in [-0.05, 0) is 42.5 Å². The van der Waals surface area contributed by atoms with Gasteiger partial charge in [0.05, 0.1) is 10.6 Å². The lowest BCUT2D eigenvalue weighted by Gasteiger charge is -2.17. The minimum Gasteiger partial charge on any atom is -0.456 e. The molecule has 32 heavy (non-hydrogen) atoms. The number of benzene rings is 2. The summed E-state index contributed by atoms with van der Waals surface area (Å²) >= 11 is 5.91. The van der Waals surface area contributed by atoms with Crippen molar-refractivity contribution < 1.29 is 45.6 Å². The summed E-state index contributed by atoms with van der Waals surface area (Å²) in [5.74, 6) is -1.94. The standard InChI is InChI=1S/C20H11ClF6N2O3/c21-17-14(19(22,23)24)7-8-15(16(17)18(30)29-11-2-1-9-28-10-11)31-12-3-5-13(6-4-12)32-20(25,26)27/h1-10H,(H,29,30)/p+1. The zero-order valence-corrected chi connectivity index (χ0v) is 16.4. The van der Waals surface area contributed by atoms with Gasteiger partial charge >= 0.3 is 12.5 Å². The van der Waals surface area contributed by atoms with E-state index in [-0.39, 0.29) is 17.2 Å². The first kappa shape index (κ1) is 23.2. The molecule has 2 aromatic carbocycles. The highest BCUT2D eigenvalue weighted by molar-refractivity contribution is 6.35. The molecule has 0 aliphatic rings. The number of nitrogens with one attached hydrogen (secondary N) is 2. The van der Waals surface area contributed by atoms with E-state index in [0.717, 1.165) is 30.3 Å². The molecule has 0 saturated carbocycles. The van der Waals surface area contributed by atoms with Crippen LogP contribution in [0.2, 0.25) is 5.02 Å². The van der Waals surface area contributed by atoms with E-state index in [2.05, 4.69) is 15.0 Å². The van der Waals surface area contributed by atoms with Crippen LogP contribution in [0.4, 0.5) is 32.0 Å². The smallest absolute Gasteiger partial charge is 0.456 e. The average Bonchev–Trinajstić information content (AvgIpc) is 2.68. The minimum atomic E-state index is -4.90. The first-order valence-corrected chi connectivity index (χ1v) is 9.02. The number of carbonyl (C=O) groups is 1. The Morgan fingerprint density at radius 2 is 1.59 bits per heavy atom. The van der Waals surface area contributed by atoms with Crippen LogP contribution in [0.15, 0.2) is 60.9 Å². The van der Waals surface area contributed by atoms with Crippen molar-refractivity contribution in [3.8, 4) is 17.2 Å². The molecule has 0 spiro atoms. The molecule has 0 unspecified atom stereocenters. The second-order valence-electron chi connectivity index (χ2n) is 6.17. The van der Waals surface area contributed by atoms with Crippen LogP contribution in [0.5, 0.6) is 17.2 Å². The van der Waals surface area contributed by atoms with E-state index in [9.17, 15) is 31.1 Å². The average molecular weight is 478 g/mol. The maximum absolute atomic E-state index is 13.3. The summed E-state index contributed by atoms with van der Waals surface area (Å²) in [6, 6.07) is 8.59. The molecule has 3 aromatic rings. The second kappa shape index (κ2) is 8.95. The van der Waals surface area contributed by atoms with Crippen molar-refractivity contribution in [1.82, 2.24) is 0 Å². The number of pyridine rings is 1. The Kier molecular flexibility index (Phi) is 6.49. The molecule has 1 aromatic heterocycles. The molecule has 0 bridgehead atoms. The monoisotopic (exact) mass is 477 g/mol. The number of H-pyrrole nitrogens is 1. The third-order valence-corrected chi connectivity index (χ3v) is 4.28. The van der Waals surface area contributed by atoms with Gasteiger partial charge in [-0.3, -0.25) is 4.79 Å². The van der Waals surface area contributed by atoms with E-state index in [4.69, 9.17) is 16.3 Å². The Morgan fingerprint density at radius 3 is 2.16 bits per heavy atom. The molecule has 0 aliphatic heterocycles. The maximum atomic E-state index is 13.3. The highest BCUT2D eigenvalue weighted by Crippen LogP contribution is 2.41. The van der Waals surface area contributed by atoms with Gasteiger partial charge in [0.2, 0.25) is 0 Å². The number of anilines is 1. The third-order valence-electron chi connectivity index (χ3n) is 3.89. The minimum absolute atomic E-state index is 0.0718. The van der Waals surface area contributed by atoms with E-state index in [1.807, 2.05) is 0 Å². The van der Waals surface area contributed by atoms with Crippen LogP contribution in [-0.2, 0) is 6.18 Å². The molecule has 2 N–H and O–H groups in total. The van der Waals surface area contributed by atoms with Gasteiger partial charge in [0.25, 0.3) is 5.91 Å². The predicted octanol–water partition coefficient (Wildman–Crippen LogP) is 6.12. The normalized spacial score (nSPS) is 11.7. The number of amides is 1. The first-order valence-electron chi connectivity index (χ1n) is 8.65. The quantitative estimate of drug-likeness (QED) is 0.451. The van der Waals surface area contributed by atoms with Crippen molar-refractivity contribution in [2.75, 3.05) is 5.32 Å². The largest absolute Gasteiger partial charge is 0.573 e. The van der Waals surface area contributed by atoms with Gasteiger partial charge < -0.3 is 14.8 Å². The zero-order chi connectivity index (χ0) is 23.5. The topological polar surface area (TPSA) is 61.7 Å². The number of aromatic amines is 1. The van der Waals surface area contributed by atoms with Crippen LogP contribution in [0.3, 0.4) is 0 Å². The van der Waals surface area contributed by atoms with Gasteiger partial charge in [0.1, 0.15) is 28.5 Å². The molecular formula is C20H12ClF6N2O3+. The highest BCUT2D eigenvalue weighted by atomic mass is 35.5. The fourth-order valence-corrected chi connectivity index (χ4v) is 2.92. The summed E-state index contributed by atoms with van der Waals surface area (Å²) in [6.45, 7) is 0. The van der Waals surface area contributed by atoms with Crippen LogP contribution >= 0.6 is 11.6 Å². The van der Waals surface area contributed by atoms with Crippen molar-refractivity contribution in [3.63, 3.8) is 0 Å². The van der Waals surface area contributed by atoms with E-state index < -0.39 is 40.3 Å². The van der Waals surface area contributed by atoms with Crippen LogP contribution in [0.1, 0.15) is 15.9 Å². The summed E-state index contributed by atoms with van der Waals surface area (Å²) in [4.78, 5) is 15.4.